The Bertz CT molecular complexity index is 476. The van der Waals surface area contributed by atoms with E-state index in [1.165, 1.54) is 0 Å². The largest absolute Gasteiger partial charge is 0.382 e. The molecule has 1 aromatic carbocycles. The molecule has 0 aliphatic rings. The summed E-state index contributed by atoms with van der Waals surface area (Å²) in [5, 5.41) is 0. The fraction of sp³-hybridized carbons (Fsp3) is 0.538. The van der Waals surface area contributed by atoms with E-state index >= 15 is 0 Å². The highest BCUT2D eigenvalue weighted by Gasteiger charge is 2.12. The van der Waals surface area contributed by atoms with Gasteiger partial charge in [0, 0.05) is 19.5 Å². The SMILES string of the molecule is COCCOCCNS(=O)(=O)c1ccc(CCCl)cc1. The van der Waals surface area contributed by atoms with Crippen LogP contribution in [0.2, 0.25) is 0 Å². The third-order valence-electron chi connectivity index (χ3n) is 2.59. The number of nitrogens with one attached hydrogen (secondary N) is 1. The maximum absolute atomic E-state index is 12.0. The van der Waals surface area contributed by atoms with Crippen LogP contribution in [0.3, 0.4) is 0 Å². The second-order valence-electron chi connectivity index (χ2n) is 4.09. The van der Waals surface area contributed by atoms with Crippen LogP contribution >= 0.6 is 11.6 Å². The molecule has 20 heavy (non-hydrogen) atoms. The molecular formula is C13H20ClNO4S. The van der Waals surface area contributed by atoms with Crippen molar-refractivity contribution in [2.75, 3.05) is 39.4 Å². The van der Waals surface area contributed by atoms with Crippen LogP contribution in [0.25, 0.3) is 0 Å². The van der Waals surface area contributed by atoms with Gasteiger partial charge >= 0.3 is 0 Å². The van der Waals surface area contributed by atoms with E-state index in [4.69, 9.17) is 21.1 Å². The van der Waals surface area contributed by atoms with E-state index in [0.717, 1.165) is 12.0 Å². The molecule has 0 aliphatic carbocycles. The quantitative estimate of drug-likeness (QED) is 0.523. The van der Waals surface area contributed by atoms with Crippen LogP contribution in [0.5, 0.6) is 0 Å². The molecular weight excluding hydrogens is 302 g/mol. The number of aryl methyl sites for hydroxylation is 1. The second-order valence-corrected chi connectivity index (χ2v) is 6.23. The zero-order valence-corrected chi connectivity index (χ0v) is 13.0. The average Bonchev–Trinajstić information content (AvgIpc) is 2.44. The van der Waals surface area contributed by atoms with Crippen LogP contribution in [-0.4, -0.2) is 47.8 Å². The third kappa shape index (κ3) is 6.19. The number of alkyl halides is 1. The number of benzene rings is 1. The first-order chi connectivity index (χ1) is 9.60. The van der Waals surface area contributed by atoms with Crippen LogP contribution in [0.4, 0.5) is 0 Å². The molecule has 0 aromatic heterocycles. The highest BCUT2D eigenvalue weighted by molar-refractivity contribution is 7.89. The molecule has 0 fully saturated rings. The van der Waals surface area contributed by atoms with Gasteiger partial charge in [0.05, 0.1) is 24.7 Å². The van der Waals surface area contributed by atoms with Crippen molar-refractivity contribution in [3.63, 3.8) is 0 Å². The Morgan fingerprint density at radius 2 is 1.85 bits per heavy atom. The molecule has 0 aliphatic heterocycles. The van der Waals surface area contributed by atoms with Gasteiger partial charge in [-0.15, -0.1) is 11.6 Å². The highest BCUT2D eigenvalue weighted by Crippen LogP contribution is 2.11. The van der Waals surface area contributed by atoms with Gasteiger partial charge in [0.2, 0.25) is 10.0 Å². The van der Waals surface area contributed by atoms with E-state index in [1.807, 2.05) is 0 Å². The Balaban J connectivity index is 2.43. The Kier molecular flexibility index (Phi) is 8.09. The van der Waals surface area contributed by atoms with Gasteiger partial charge < -0.3 is 9.47 Å². The van der Waals surface area contributed by atoms with E-state index in [0.29, 0.717) is 25.7 Å². The molecule has 0 saturated heterocycles. The number of hydrogen-bond acceptors (Lipinski definition) is 4. The van der Waals surface area contributed by atoms with Crippen molar-refractivity contribution in [3.05, 3.63) is 29.8 Å². The molecule has 7 heteroatoms. The molecule has 5 nitrogen and oxygen atoms in total. The molecule has 0 spiro atoms. The molecule has 0 unspecified atom stereocenters. The van der Waals surface area contributed by atoms with Crippen molar-refractivity contribution in [1.82, 2.24) is 4.72 Å². The predicted octanol–water partition coefficient (Wildman–Crippen LogP) is 1.41. The Morgan fingerprint density at radius 1 is 1.15 bits per heavy atom. The van der Waals surface area contributed by atoms with Gasteiger partial charge in [-0.25, -0.2) is 13.1 Å². The van der Waals surface area contributed by atoms with E-state index in [-0.39, 0.29) is 11.4 Å². The monoisotopic (exact) mass is 321 g/mol. The summed E-state index contributed by atoms with van der Waals surface area (Å²) in [5.74, 6) is 0.517. The van der Waals surface area contributed by atoms with Crippen molar-refractivity contribution in [2.45, 2.75) is 11.3 Å². The lowest BCUT2D eigenvalue weighted by Crippen LogP contribution is -2.27. The summed E-state index contributed by atoms with van der Waals surface area (Å²) in [6.07, 6.45) is 0.725. The maximum Gasteiger partial charge on any atom is 0.240 e. The van der Waals surface area contributed by atoms with Crippen molar-refractivity contribution in [2.24, 2.45) is 0 Å². The normalized spacial score (nSPS) is 11.7. The topological polar surface area (TPSA) is 64.6 Å². The van der Waals surface area contributed by atoms with Crippen LogP contribution in [0.15, 0.2) is 29.2 Å². The Hall–Kier alpha value is -0.660. The summed E-state index contributed by atoms with van der Waals surface area (Å²) >= 11 is 5.63. The molecule has 0 bridgehead atoms. The van der Waals surface area contributed by atoms with E-state index in [1.54, 1.807) is 31.4 Å². The number of rotatable bonds is 10. The van der Waals surface area contributed by atoms with Crippen molar-refractivity contribution < 1.29 is 17.9 Å². The molecule has 0 amide bonds. The average molecular weight is 322 g/mol. The van der Waals surface area contributed by atoms with Gasteiger partial charge in [-0.2, -0.15) is 0 Å². The Labute approximate surface area is 125 Å². The number of ether oxygens (including phenoxy) is 2. The zero-order valence-electron chi connectivity index (χ0n) is 11.5. The highest BCUT2D eigenvalue weighted by atomic mass is 35.5. The van der Waals surface area contributed by atoms with E-state index < -0.39 is 10.0 Å². The minimum absolute atomic E-state index is 0.232. The number of halogens is 1. The summed E-state index contributed by atoms with van der Waals surface area (Å²) in [7, 11) is -1.90. The predicted molar refractivity (Wildman–Crippen MR) is 78.7 cm³/mol. The lowest BCUT2D eigenvalue weighted by molar-refractivity contribution is 0.0736. The maximum atomic E-state index is 12.0. The smallest absolute Gasteiger partial charge is 0.240 e. The fourth-order valence-electron chi connectivity index (χ4n) is 1.52. The molecule has 114 valence electrons. The molecule has 0 heterocycles. The van der Waals surface area contributed by atoms with Crippen molar-refractivity contribution in [3.8, 4) is 0 Å². The minimum Gasteiger partial charge on any atom is -0.382 e. The Morgan fingerprint density at radius 3 is 2.45 bits per heavy atom. The number of sulfonamides is 1. The molecule has 0 saturated carbocycles. The number of hydrogen-bond donors (Lipinski definition) is 1. The number of methoxy groups -OCH3 is 1. The molecule has 1 rings (SSSR count). The van der Waals surface area contributed by atoms with Crippen LogP contribution in [0.1, 0.15) is 5.56 Å². The van der Waals surface area contributed by atoms with Gasteiger partial charge in [0.25, 0.3) is 0 Å². The van der Waals surface area contributed by atoms with E-state index in [2.05, 4.69) is 4.72 Å². The van der Waals surface area contributed by atoms with Gasteiger partial charge in [-0.3, -0.25) is 0 Å². The fourth-order valence-corrected chi connectivity index (χ4v) is 2.75. The second kappa shape index (κ2) is 9.31. The van der Waals surface area contributed by atoms with Gasteiger partial charge in [-0.1, -0.05) is 12.1 Å². The van der Waals surface area contributed by atoms with Crippen molar-refractivity contribution in [1.29, 1.82) is 0 Å². The summed E-state index contributed by atoms with van der Waals surface area (Å²) in [5.41, 5.74) is 1.02. The van der Waals surface area contributed by atoms with Crippen LogP contribution < -0.4 is 4.72 Å². The first kappa shape index (κ1) is 17.4. The zero-order chi connectivity index (χ0) is 14.8. The molecule has 0 atom stereocenters. The summed E-state index contributed by atoms with van der Waals surface area (Å²) in [6, 6.07) is 6.70. The first-order valence-corrected chi connectivity index (χ1v) is 8.33. The van der Waals surface area contributed by atoms with Crippen LogP contribution in [0, 0.1) is 0 Å². The summed E-state index contributed by atoms with van der Waals surface area (Å²) in [6.45, 7) is 1.49. The first-order valence-electron chi connectivity index (χ1n) is 6.31. The van der Waals surface area contributed by atoms with Gasteiger partial charge in [-0.05, 0) is 24.1 Å². The van der Waals surface area contributed by atoms with Gasteiger partial charge in [0.15, 0.2) is 0 Å². The molecule has 1 aromatic rings. The van der Waals surface area contributed by atoms with Crippen LogP contribution in [-0.2, 0) is 25.9 Å². The lowest BCUT2D eigenvalue weighted by Gasteiger charge is -2.08. The molecule has 0 radical (unpaired) electrons. The third-order valence-corrected chi connectivity index (χ3v) is 4.25. The van der Waals surface area contributed by atoms with Gasteiger partial charge in [0.1, 0.15) is 0 Å². The lowest BCUT2D eigenvalue weighted by atomic mass is 10.2. The minimum atomic E-state index is -3.48. The standard InChI is InChI=1S/C13H20ClNO4S/c1-18-10-11-19-9-8-15-20(16,17)13-4-2-12(3-5-13)6-7-14/h2-5,15H,6-11H2,1H3. The molecule has 1 N–H and O–H groups in total. The van der Waals surface area contributed by atoms with Crippen molar-refractivity contribution >= 4 is 21.6 Å². The summed E-state index contributed by atoms with van der Waals surface area (Å²) < 4.78 is 36.4. The van der Waals surface area contributed by atoms with E-state index in [9.17, 15) is 8.42 Å². The summed E-state index contributed by atoms with van der Waals surface area (Å²) in [4.78, 5) is 0.243.